The highest BCUT2D eigenvalue weighted by Gasteiger charge is 2.35. The van der Waals surface area contributed by atoms with Crippen molar-refractivity contribution in [3.63, 3.8) is 0 Å². The summed E-state index contributed by atoms with van der Waals surface area (Å²) in [4.78, 5) is 18.9. The number of rotatable bonds is 2. The Morgan fingerprint density at radius 3 is 2.39 bits per heavy atom. The molecule has 4 rings (SSSR count). The molecule has 0 saturated carbocycles. The summed E-state index contributed by atoms with van der Waals surface area (Å²) in [7, 11) is 0. The second-order valence-corrected chi connectivity index (χ2v) is 7.47. The molecular weight excluding hydrogens is 434 g/mol. The van der Waals surface area contributed by atoms with Crippen molar-refractivity contribution in [2.45, 2.75) is 18.6 Å². The Bertz CT molecular complexity index is 1100. The number of hydrogen-bond acceptors (Lipinski definition) is 2. The van der Waals surface area contributed by atoms with Gasteiger partial charge in [0, 0.05) is 23.5 Å². The van der Waals surface area contributed by atoms with Crippen LogP contribution >= 0.6 is 11.6 Å². The van der Waals surface area contributed by atoms with Gasteiger partial charge in [0.1, 0.15) is 11.9 Å². The fourth-order valence-electron chi connectivity index (χ4n) is 3.62. The van der Waals surface area contributed by atoms with Crippen LogP contribution in [0.3, 0.4) is 0 Å². The molecule has 2 aromatic carbocycles. The minimum Gasteiger partial charge on any atom is -0.311 e. The minimum absolute atomic E-state index is 0.275. The highest BCUT2D eigenvalue weighted by molar-refractivity contribution is 6.31. The molecule has 0 bridgehead atoms. The van der Waals surface area contributed by atoms with Crippen molar-refractivity contribution in [1.29, 1.82) is 0 Å². The molecule has 1 aromatic heterocycles. The van der Waals surface area contributed by atoms with Crippen LogP contribution in [-0.4, -0.2) is 22.5 Å². The molecule has 1 unspecified atom stereocenters. The third-order valence-corrected chi connectivity index (χ3v) is 5.47. The van der Waals surface area contributed by atoms with E-state index >= 15 is 0 Å². The maximum Gasteiger partial charge on any atom is 0.416 e. The van der Waals surface area contributed by atoms with Gasteiger partial charge in [0.25, 0.3) is 0 Å². The number of nitrogens with zero attached hydrogens (tertiary/aromatic N) is 2. The molecule has 9 heteroatoms. The zero-order valence-corrected chi connectivity index (χ0v) is 16.7. The maximum absolute atomic E-state index is 13.2. The molecule has 0 radical (unpaired) electrons. The number of amides is 2. The van der Waals surface area contributed by atoms with E-state index in [0.29, 0.717) is 28.4 Å². The largest absolute Gasteiger partial charge is 0.416 e. The second kappa shape index (κ2) is 8.19. The molecule has 0 saturated heterocycles. The van der Waals surface area contributed by atoms with Gasteiger partial charge in [-0.05, 0) is 60.0 Å². The number of carbonyl (C=O) groups excluding carboxylic acids is 1. The van der Waals surface area contributed by atoms with Gasteiger partial charge in [-0.3, -0.25) is 4.98 Å². The molecule has 2 heterocycles. The number of alkyl halides is 3. The number of aromatic nitrogens is 1. The Morgan fingerprint density at radius 1 is 1.06 bits per heavy atom. The first-order valence-electron chi connectivity index (χ1n) is 9.37. The molecule has 1 aliphatic rings. The Hall–Kier alpha value is -3.13. The van der Waals surface area contributed by atoms with Gasteiger partial charge in [-0.1, -0.05) is 23.7 Å². The summed E-state index contributed by atoms with van der Waals surface area (Å²) < 4.78 is 52.2. The quantitative estimate of drug-likeness (QED) is 0.482. The monoisotopic (exact) mass is 449 g/mol. The number of fused-ring (bicyclic) bond motifs is 1. The van der Waals surface area contributed by atoms with Crippen LogP contribution in [0.1, 0.15) is 28.4 Å². The van der Waals surface area contributed by atoms with Crippen molar-refractivity contribution in [3.8, 4) is 0 Å². The first-order valence-corrected chi connectivity index (χ1v) is 9.75. The number of anilines is 1. The van der Waals surface area contributed by atoms with Gasteiger partial charge in [-0.25, -0.2) is 9.18 Å². The van der Waals surface area contributed by atoms with E-state index in [1.54, 1.807) is 6.07 Å². The molecule has 1 atom stereocenters. The standard InChI is InChI=1S/C22H16ClF4N3O/c23-18-9-11-28-19-17(18)10-12-30(21(31)29-16-7-5-15(24)6-8-16)20(19)13-1-3-14(4-2-13)22(25,26)27/h1-9,11,20H,10,12H2,(H,29,31). The first-order chi connectivity index (χ1) is 14.7. The third-order valence-electron chi connectivity index (χ3n) is 5.12. The number of pyridine rings is 1. The van der Waals surface area contributed by atoms with Crippen molar-refractivity contribution in [1.82, 2.24) is 9.88 Å². The van der Waals surface area contributed by atoms with E-state index in [0.717, 1.165) is 17.7 Å². The molecule has 160 valence electrons. The Morgan fingerprint density at radius 2 is 1.74 bits per heavy atom. The lowest BCUT2D eigenvalue weighted by Gasteiger charge is -2.37. The molecular formula is C22H16ClF4N3O. The average Bonchev–Trinajstić information content (AvgIpc) is 2.74. The second-order valence-electron chi connectivity index (χ2n) is 7.06. The van der Waals surface area contributed by atoms with E-state index in [-0.39, 0.29) is 6.54 Å². The Labute approximate surface area is 180 Å². The lowest BCUT2D eigenvalue weighted by molar-refractivity contribution is -0.137. The van der Waals surface area contributed by atoms with Crippen LogP contribution in [0.2, 0.25) is 5.02 Å². The van der Waals surface area contributed by atoms with Crippen LogP contribution in [-0.2, 0) is 12.6 Å². The lowest BCUT2D eigenvalue weighted by Crippen LogP contribution is -2.43. The average molecular weight is 450 g/mol. The van der Waals surface area contributed by atoms with Crippen molar-refractivity contribution >= 4 is 23.3 Å². The topological polar surface area (TPSA) is 45.2 Å². The first kappa shape index (κ1) is 21.1. The molecule has 31 heavy (non-hydrogen) atoms. The number of hydrogen-bond donors (Lipinski definition) is 1. The van der Waals surface area contributed by atoms with Gasteiger partial charge in [0.15, 0.2) is 0 Å². The van der Waals surface area contributed by atoms with Crippen LogP contribution in [0.4, 0.5) is 28.0 Å². The summed E-state index contributed by atoms with van der Waals surface area (Å²) >= 11 is 6.31. The predicted molar refractivity (Wildman–Crippen MR) is 108 cm³/mol. The Kier molecular flexibility index (Phi) is 5.58. The summed E-state index contributed by atoms with van der Waals surface area (Å²) in [5.41, 5.74) is 1.33. The van der Waals surface area contributed by atoms with E-state index in [1.165, 1.54) is 47.5 Å². The summed E-state index contributed by atoms with van der Waals surface area (Å²) in [6, 6.07) is 10.3. The van der Waals surface area contributed by atoms with Gasteiger partial charge in [0.05, 0.1) is 11.3 Å². The molecule has 4 nitrogen and oxygen atoms in total. The zero-order valence-electron chi connectivity index (χ0n) is 16.0. The van der Waals surface area contributed by atoms with E-state index in [4.69, 9.17) is 11.6 Å². The van der Waals surface area contributed by atoms with Crippen molar-refractivity contribution < 1.29 is 22.4 Å². The van der Waals surface area contributed by atoms with Gasteiger partial charge < -0.3 is 10.2 Å². The summed E-state index contributed by atoms with van der Waals surface area (Å²) in [6.07, 6.45) is -2.53. The molecule has 2 amide bonds. The fraction of sp³-hybridized carbons (Fsp3) is 0.182. The highest BCUT2D eigenvalue weighted by atomic mass is 35.5. The zero-order chi connectivity index (χ0) is 22.2. The number of carbonyl (C=O) groups is 1. The van der Waals surface area contributed by atoms with E-state index < -0.39 is 29.6 Å². The summed E-state index contributed by atoms with van der Waals surface area (Å²) in [6.45, 7) is 0.275. The fourth-order valence-corrected chi connectivity index (χ4v) is 3.86. The molecule has 1 N–H and O–H groups in total. The molecule has 1 aliphatic heterocycles. The van der Waals surface area contributed by atoms with Crippen molar-refractivity contribution in [2.75, 3.05) is 11.9 Å². The number of urea groups is 1. The summed E-state index contributed by atoms with van der Waals surface area (Å²) in [5, 5.41) is 3.19. The third kappa shape index (κ3) is 4.34. The van der Waals surface area contributed by atoms with Gasteiger partial charge >= 0.3 is 12.2 Å². The van der Waals surface area contributed by atoms with E-state index in [1.807, 2.05) is 0 Å². The smallest absolute Gasteiger partial charge is 0.311 e. The maximum atomic E-state index is 13.2. The van der Waals surface area contributed by atoms with Crippen LogP contribution in [0, 0.1) is 5.82 Å². The molecule has 0 fully saturated rings. The van der Waals surface area contributed by atoms with Gasteiger partial charge in [-0.2, -0.15) is 13.2 Å². The van der Waals surface area contributed by atoms with Crippen molar-refractivity contribution in [2.24, 2.45) is 0 Å². The van der Waals surface area contributed by atoms with Crippen LogP contribution in [0.15, 0.2) is 60.8 Å². The summed E-state index contributed by atoms with van der Waals surface area (Å²) in [5.74, 6) is -0.439. The predicted octanol–water partition coefficient (Wildman–Crippen LogP) is 6.07. The van der Waals surface area contributed by atoms with Crippen LogP contribution in [0.5, 0.6) is 0 Å². The van der Waals surface area contributed by atoms with E-state index in [2.05, 4.69) is 10.3 Å². The lowest BCUT2D eigenvalue weighted by atomic mass is 9.92. The van der Waals surface area contributed by atoms with E-state index in [9.17, 15) is 22.4 Å². The Balaban J connectivity index is 1.72. The number of halogens is 5. The van der Waals surface area contributed by atoms with Gasteiger partial charge in [0.2, 0.25) is 0 Å². The minimum atomic E-state index is -4.47. The molecule has 0 aliphatic carbocycles. The van der Waals surface area contributed by atoms with Crippen LogP contribution in [0.25, 0.3) is 0 Å². The number of benzene rings is 2. The van der Waals surface area contributed by atoms with Gasteiger partial charge in [-0.15, -0.1) is 0 Å². The molecule has 3 aromatic rings. The normalized spacial score (nSPS) is 16.0. The SMILES string of the molecule is O=C(Nc1ccc(F)cc1)N1CCc2c(Cl)ccnc2C1c1ccc(C(F)(F)F)cc1. The number of nitrogens with one attached hydrogen (secondary N) is 1. The van der Waals surface area contributed by atoms with Crippen LogP contribution < -0.4 is 5.32 Å². The molecule has 0 spiro atoms. The highest BCUT2D eigenvalue weighted by Crippen LogP contribution is 2.38. The van der Waals surface area contributed by atoms with Crippen molar-refractivity contribution in [3.05, 3.63) is 94.0 Å².